The Balaban J connectivity index is 2.84. The SMILES string of the molecule is COC(C)CNc1cc(C(F)(F)F)ccc1F. The van der Waals surface area contributed by atoms with Gasteiger partial charge in [-0.3, -0.25) is 0 Å². The van der Waals surface area contributed by atoms with E-state index in [4.69, 9.17) is 4.74 Å². The van der Waals surface area contributed by atoms with Crippen molar-refractivity contribution in [2.75, 3.05) is 19.0 Å². The fraction of sp³-hybridized carbons (Fsp3) is 0.455. The molecule has 0 heterocycles. The molecule has 0 spiro atoms. The van der Waals surface area contributed by atoms with Gasteiger partial charge in [-0.25, -0.2) is 4.39 Å². The van der Waals surface area contributed by atoms with Crippen molar-refractivity contribution in [3.8, 4) is 0 Å². The van der Waals surface area contributed by atoms with Crippen LogP contribution in [0, 0.1) is 5.82 Å². The van der Waals surface area contributed by atoms with Gasteiger partial charge in [-0.1, -0.05) is 0 Å². The zero-order valence-electron chi connectivity index (χ0n) is 9.44. The first-order chi connectivity index (χ1) is 7.84. The Bertz CT molecular complexity index is 378. The van der Waals surface area contributed by atoms with Crippen molar-refractivity contribution in [3.05, 3.63) is 29.6 Å². The van der Waals surface area contributed by atoms with Crippen LogP contribution in [0.3, 0.4) is 0 Å². The molecule has 1 aromatic rings. The van der Waals surface area contributed by atoms with Crippen LogP contribution in [-0.2, 0) is 10.9 Å². The number of nitrogens with one attached hydrogen (secondary N) is 1. The van der Waals surface area contributed by atoms with Crippen LogP contribution in [0.4, 0.5) is 23.2 Å². The molecule has 1 aromatic carbocycles. The molecule has 1 N–H and O–H groups in total. The Labute approximate surface area is 96.6 Å². The van der Waals surface area contributed by atoms with Gasteiger partial charge in [0.2, 0.25) is 0 Å². The van der Waals surface area contributed by atoms with Crippen LogP contribution < -0.4 is 5.32 Å². The van der Waals surface area contributed by atoms with Crippen molar-refractivity contribution in [1.82, 2.24) is 0 Å². The molecule has 0 saturated carbocycles. The summed E-state index contributed by atoms with van der Waals surface area (Å²) in [5.41, 5.74) is -1.06. The molecule has 0 aromatic heterocycles. The molecule has 6 heteroatoms. The van der Waals surface area contributed by atoms with Gasteiger partial charge in [0.25, 0.3) is 0 Å². The Kier molecular flexibility index (Phi) is 4.34. The molecule has 0 amide bonds. The van der Waals surface area contributed by atoms with Gasteiger partial charge in [0.15, 0.2) is 0 Å². The van der Waals surface area contributed by atoms with Crippen molar-refractivity contribution in [3.63, 3.8) is 0 Å². The summed E-state index contributed by atoms with van der Waals surface area (Å²) in [6.07, 6.45) is -4.69. The molecular weight excluding hydrogens is 238 g/mol. The summed E-state index contributed by atoms with van der Waals surface area (Å²) in [6, 6.07) is 2.25. The van der Waals surface area contributed by atoms with Crippen LogP contribution in [0.2, 0.25) is 0 Å². The summed E-state index contributed by atoms with van der Waals surface area (Å²) >= 11 is 0. The molecule has 0 aliphatic carbocycles. The molecule has 0 fully saturated rings. The lowest BCUT2D eigenvalue weighted by atomic mass is 10.2. The Morgan fingerprint density at radius 2 is 2.00 bits per heavy atom. The molecule has 0 saturated heterocycles. The lowest BCUT2D eigenvalue weighted by Gasteiger charge is -2.14. The molecule has 17 heavy (non-hydrogen) atoms. The third-order valence-electron chi connectivity index (χ3n) is 2.28. The first-order valence-electron chi connectivity index (χ1n) is 4.98. The minimum absolute atomic E-state index is 0.177. The van der Waals surface area contributed by atoms with Crippen LogP contribution in [-0.4, -0.2) is 19.8 Å². The van der Waals surface area contributed by atoms with E-state index in [0.717, 1.165) is 12.1 Å². The number of benzene rings is 1. The van der Waals surface area contributed by atoms with Crippen molar-refractivity contribution >= 4 is 5.69 Å². The third-order valence-corrected chi connectivity index (χ3v) is 2.28. The largest absolute Gasteiger partial charge is 0.416 e. The minimum atomic E-state index is -4.48. The number of hydrogen-bond donors (Lipinski definition) is 1. The lowest BCUT2D eigenvalue weighted by Crippen LogP contribution is -2.19. The van der Waals surface area contributed by atoms with Crippen molar-refractivity contribution in [1.29, 1.82) is 0 Å². The number of alkyl halides is 3. The van der Waals surface area contributed by atoms with E-state index in [1.54, 1.807) is 6.92 Å². The van der Waals surface area contributed by atoms with E-state index >= 15 is 0 Å². The van der Waals surface area contributed by atoms with Crippen molar-refractivity contribution < 1.29 is 22.3 Å². The number of anilines is 1. The number of methoxy groups -OCH3 is 1. The quantitative estimate of drug-likeness (QED) is 0.829. The molecule has 0 bridgehead atoms. The van der Waals surface area contributed by atoms with E-state index in [1.165, 1.54) is 7.11 Å². The average Bonchev–Trinajstić information content (AvgIpc) is 2.26. The zero-order valence-corrected chi connectivity index (χ0v) is 9.44. The lowest BCUT2D eigenvalue weighted by molar-refractivity contribution is -0.137. The second kappa shape index (κ2) is 5.35. The highest BCUT2D eigenvalue weighted by molar-refractivity contribution is 5.48. The summed E-state index contributed by atoms with van der Waals surface area (Å²) < 4.78 is 55.3. The Morgan fingerprint density at radius 3 is 2.53 bits per heavy atom. The molecule has 2 nitrogen and oxygen atoms in total. The van der Waals surface area contributed by atoms with Crippen LogP contribution >= 0.6 is 0 Å². The summed E-state index contributed by atoms with van der Waals surface area (Å²) in [5, 5.41) is 2.58. The average molecular weight is 251 g/mol. The van der Waals surface area contributed by atoms with Gasteiger partial charge in [0.05, 0.1) is 17.4 Å². The second-order valence-corrected chi connectivity index (χ2v) is 3.62. The second-order valence-electron chi connectivity index (χ2n) is 3.62. The van der Waals surface area contributed by atoms with Gasteiger partial charge in [-0.15, -0.1) is 0 Å². The van der Waals surface area contributed by atoms with Gasteiger partial charge in [0.1, 0.15) is 5.82 Å². The summed E-state index contributed by atoms with van der Waals surface area (Å²) in [7, 11) is 1.47. The maximum absolute atomic E-state index is 13.2. The third kappa shape index (κ3) is 3.89. The highest BCUT2D eigenvalue weighted by atomic mass is 19.4. The number of ether oxygens (including phenoxy) is 1. The van der Waals surface area contributed by atoms with Gasteiger partial charge in [0, 0.05) is 13.7 Å². The maximum Gasteiger partial charge on any atom is 0.416 e. The number of rotatable bonds is 4. The summed E-state index contributed by atoms with van der Waals surface area (Å²) in [5.74, 6) is -0.721. The first-order valence-corrected chi connectivity index (χ1v) is 4.98. The van der Waals surface area contributed by atoms with Gasteiger partial charge in [-0.05, 0) is 25.1 Å². The molecule has 0 radical (unpaired) electrons. The Hall–Kier alpha value is -1.30. The van der Waals surface area contributed by atoms with Gasteiger partial charge < -0.3 is 10.1 Å². The number of hydrogen-bond acceptors (Lipinski definition) is 2. The van der Waals surface area contributed by atoms with Crippen LogP contribution in [0.25, 0.3) is 0 Å². The zero-order chi connectivity index (χ0) is 13.1. The molecule has 1 rings (SSSR count). The van der Waals surface area contributed by atoms with Crippen LogP contribution in [0.15, 0.2) is 18.2 Å². The molecule has 0 aliphatic rings. The van der Waals surface area contributed by atoms with Crippen molar-refractivity contribution in [2.24, 2.45) is 0 Å². The normalized spacial score (nSPS) is 13.5. The van der Waals surface area contributed by atoms with E-state index in [-0.39, 0.29) is 18.3 Å². The van der Waals surface area contributed by atoms with Gasteiger partial charge >= 0.3 is 6.18 Å². The van der Waals surface area contributed by atoms with E-state index in [9.17, 15) is 17.6 Å². The predicted molar refractivity (Wildman–Crippen MR) is 56.4 cm³/mol. The van der Waals surface area contributed by atoms with Crippen LogP contribution in [0.1, 0.15) is 12.5 Å². The number of halogens is 4. The standard InChI is InChI=1S/C11H13F4NO/c1-7(17-2)6-16-10-5-8(11(13,14)15)3-4-9(10)12/h3-5,7,16H,6H2,1-2H3. The van der Waals surface area contributed by atoms with E-state index in [1.807, 2.05) is 0 Å². The predicted octanol–water partition coefficient (Wildman–Crippen LogP) is 3.29. The summed E-state index contributed by atoms with van der Waals surface area (Å²) in [6.45, 7) is 1.95. The topological polar surface area (TPSA) is 21.3 Å². The fourth-order valence-electron chi connectivity index (χ4n) is 1.17. The van der Waals surface area contributed by atoms with E-state index in [0.29, 0.717) is 6.07 Å². The van der Waals surface area contributed by atoms with E-state index in [2.05, 4.69) is 5.32 Å². The molecule has 1 atom stereocenters. The molecule has 96 valence electrons. The monoisotopic (exact) mass is 251 g/mol. The summed E-state index contributed by atoms with van der Waals surface area (Å²) in [4.78, 5) is 0. The Morgan fingerprint density at radius 1 is 1.35 bits per heavy atom. The maximum atomic E-state index is 13.2. The van der Waals surface area contributed by atoms with Crippen molar-refractivity contribution in [2.45, 2.75) is 19.2 Å². The fourth-order valence-corrected chi connectivity index (χ4v) is 1.17. The van der Waals surface area contributed by atoms with Gasteiger partial charge in [-0.2, -0.15) is 13.2 Å². The first kappa shape index (κ1) is 13.8. The molecular formula is C11H13F4NO. The molecule has 1 unspecified atom stereocenters. The smallest absolute Gasteiger partial charge is 0.380 e. The van der Waals surface area contributed by atoms with E-state index < -0.39 is 17.6 Å². The molecule has 0 aliphatic heterocycles. The highest BCUT2D eigenvalue weighted by Crippen LogP contribution is 2.31. The minimum Gasteiger partial charge on any atom is -0.380 e. The highest BCUT2D eigenvalue weighted by Gasteiger charge is 2.31. The van der Waals surface area contributed by atoms with Crippen LogP contribution in [0.5, 0.6) is 0 Å².